The van der Waals surface area contributed by atoms with Crippen molar-refractivity contribution in [2.75, 3.05) is 7.11 Å². The number of carbonyl (C=O) groups is 2. The number of ether oxygens (including phenoxy) is 1. The topological polar surface area (TPSA) is 71.2 Å². The third kappa shape index (κ3) is 3.84. The predicted molar refractivity (Wildman–Crippen MR) is 79.7 cm³/mol. The zero-order valence-electron chi connectivity index (χ0n) is 11.8. The molecule has 1 aromatic heterocycles. The number of aromatic amines is 1. The lowest BCUT2D eigenvalue weighted by atomic mass is 10.0. The summed E-state index contributed by atoms with van der Waals surface area (Å²) in [5.74, 6) is -3.15. The maximum atomic E-state index is 12.4. The molecule has 2 N–H and O–H groups in total. The summed E-state index contributed by atoms with van der Waals surface area (Å²) >= 11 is 3.27. The molecule has 0 saturated carbocycles. The third-order valence-electron chi connectivity index (χ3n) is 3.22. The van der Waals surface area contributed by atoms with Crippen LogP contribution in [0, 0.1) is 0 Å². The number of aromatic nitrogens is 1. The molecule has 1 amide bonds. The van der Waals surface area contributed by atoms with Gasteiger partial charge in [-0.3, -0.25) is 4.79 Å². The van der Waals surface area contributed by atoms with Gasteiger partial charge in [-0.15, -0.1) is 0 Å². The first kappa shape index (κ1) is 17.3. The highest BCUT2D eigenvalue weighted by Gasteiger charge is 2.41. The van der Waals surface area contributed by atoms with Crippen molar-refractivity contribution in [1.29, 1.82) is 0 Å². The second kappa shape index (κ2) is 6.61. The Morgan fingerprint density at radius 2 is 2.00 bits per heavy atom. The van der Waals surface area contributed by atoms with Gasteiger partial charge in [0.1, 0.15) is 6.04 Å². The van der Waals surface area contributed by atoms with E-state index in [9.17, 15) is 22.8 Å². The van der Waals surface area contributed by atoms with Crippen LogP contribution in [0.4, 0.5) is 13.2 Å². The average Bonchev–Trinajstić information content (AvgIpc) is 2.80. The van der Waals surface area contributed by atoms with E-state index in [1.165, 1.54) is 0 Å². The van der Waals surface area contributed by atoms with E-state index in [0.29, 0.717) is 10.2 Å². The lowest BCUT2D eigenvalue weighted by molar-refractivity contribution is -0.175. The minimum atomic E-state index is -5.08. The number of fused-ring (bicyclic) bond motifs is 1. The number of nitrogens with one attached hydrogen (secondary N) is 2. The Morgan fingerprint density at radius 1 is 1.35 bits per heavy atom. The van der Waals surface area contributed by atoms with Crippen molar-refractivity contribution in [3.63, 3.8) is 0 Å². The first-order valence-corrected chi connectivity index (χ1v) is 7.24. The summed E-state index contributed by atoms with van der Waals surface area (Å²) in [4.78, 5) is 25.8. The lowest BCUT2D eigenvalue weighted by Gasteiger charge is -2.17. The molecule has 1 atom stereocenters. The zero-order chi connectivity index (χ0) is 17.2. The van der Waals surface area contributed by atoms with Gasteiger partial charge in [0, 0.05) is 17.3 Å². The Morgan fingerprint density at radius 3 is 2.61 bits per heavy atom. The van der Waals surface area contributed by atoms with E-state index >= 15 is 0 Å². The first-order chi connectivity index (χ1) is 10.7. The molecule has 23 heavy (non-hydrogen) atoms. The van der Waals surface area contributed by atoms with E-state index in [1.807, 2.05) is 0 Å². The monoisotopic (exact) mass is 392 g/mol. The van der Waals surface area contributed by atoms with Crippen molar-refractivity contribution in [2.24, 2.45) is 0 Å². The Bertz CT molecular complexity index is 742. The molecular weight excluding hydrogens is 381 g/mol. The molecule has 0 aliphatic carbocycles. The summed E-state index contributed by atoms with van der Waals surface area (Å²) in [6.07, 6.45) is -5.23. The largest absolute Gasteiger partial charge is 0.471 e. The predicted octanol–water partition coefficient (Wildman–Crippen LogP) is 2.69. The molecule has 5 nitrogen and oxygen atoms in total. The molecule has 1 aromatic carbocycles. The van der Waals surface area contributed by atoms with Crippen LogP contribution in [0.1, 0.15) is 5.56 Å². The van der Waals surface area contributed by atoms with Gasteiger partial charge in [-0.25, -0.2) is 4.79 Å². The van der Waals surface area contributed by atoms with Crippen LogP contribution in [0.3, 0.4) is 0 Å². The summed E-state index contributed by atoms with van der Waals surface area (Å²) < 4.78 is 42.2. The van der Waals surface area contributed by atoms with E-state index in [1.54, 1.807) is 29.6 Å². The van der Waals surface area contributed by atoms with Crippen LogP contribution >= 0.6 is 15.9 Å². The van der Waals surface area contributed by atoms with Crippen molar-refractivity contribution in [1.82, 2.24) is 10.3 Å². The van der Waals surface area contributed by atoms with Crippen LogP contribution in [-0.2, 0) is 20.7 Å². The molecule has 124 valence electrons. The molecule has 0 saturated heterocycles. The molecule has 0 aliphatic rings. The smallest absolute Gasteiger partial charge is 0.467 e. The molecule has 0 unspecified atom stereocenters. The number of alkyl halides is 3. The van der Waals surface area contributed by atoms with E-state index < -0.39 is 24.1 Å². The van der Waals surface area contributed by atoms with Crippen molar-refractivity contribution in [3.05, 3.63) is 34.4 Å². The van der Waals surface area contributed by atoms with Crippen LogP contribution < -0.4 is 5.32 Å². The van der Waals surface area contributed by atoms with Crippen LogP contribution in [0.25, 0.3) is 10.9 Å². The van der Waals surface area contributed by atoms with Crippen LogP contribution in [0.15, 0.2) is 28.9 Å². The van der Waals surface area contributed by atoms with Crippen LogP contribution in [0.2, 0.25) is 0 Å². The molecule has 0 radical (unpaired) electrons. The molecule has 1 heterocycles. The fourth-order valence-corrected chi connectivity index (χ4v) is 2.74. The number of H-pyrrole nitrogens is 1. The Kier molecular flexibility index (Phi) is 4.98. The number of methoxy groups -OCH3 is 1. The number of hydrogen-bond donors (Lipinski definition) is 2. The minimum Gasteiger partial charge on any atom is -0.467 e. The van der Waals surface area contributed by atoms with E-state index in [4.69, 9.17) is 0 Å². The summed E-state index contributed by atoms with van der Waals surface area (Å²) in [6.45, 7) is 0. The molecule has 0 spiro atoms. The second-order valence-electron chi connectivity index (χ2n) is 4.71. The standard InChI is InChI=1S/C14H12BrF3N2O3/c1-23-12(21)10(20-13(22)14(16,17)18)6-8-7-4-2-3-5-9(7)19-11(8)15/h2-5,10,19H,6H2,1H3,(H,20,22)/t10-/m1/s1. The Labute approximate surface area is 137 Å². The number of amides is 1. The quantitative estimate of drug-likeness (QED) is 0.785. The fraction of sp³-hybridized carbons (Fsp3) is 0.286. The van der Waals surface area contributed by atoms with Crippen molar-refractivity contribution in [2.45, 2.75) is 18.6 Å². The lowest BCUT2D eigenvalue weighted by Crippen LogP contribution is -2.48. The van der Waals surface area contributed by atoms with Gasteiger partial charge in [0.25, 0.3) is 0 Å². The van der Waals surface area contributed by atoms with Crippen LogP contribution in [0.5, 0.6) is 0 Å². The highest BCUT2D eigenvalue weighted by molar-refractivity contribution is 9.10. The van der Waals surface area contributed by atoms with Crippen LogP contribution in [-0.4, -0.2) is 36.2 Å². The van der Waals surface area contributed by atoms with Gasteiger partial charge < -0.3 is 15.0 Å². The Balaban J connectivity index is 2.32. The second-order valence-corrected chi connectivity index (χ2v) is 5.51. The minimum absolute atomic E-state index is 0.154. The summed E-state index contributed by atoms with van der Waals surface area (Å²) in [5.41, 5.74) is 1.32. The highest BCUT2D eigenvalue weighted by atomic mass is 79.9. The fourth-order valence-electron chi connectivity index (χ4n) is 2.15. The molecular formula is C14H12BrF3N2O3. The SMILES string of the molecule is COC(=O)[C@@H](Cc1c(Br)[nH]c2ccccc12)NC(=O)C(F)(F)F. The maximum absolute atomic E-state index is 12.4. The average molecular weight is 393 g/mol. The van der Waals surface area contributed by atoms with E-state index in [2.05, 4.69) is 25.7 Å². The number of para-hydroxylation sites is 1. The van der Waals surface area contributed by atoms with Gasteiger partial charge in [-0.2, -0.15) is 13.2 Å². The van der Waals surface area contributed by atoms with E-state index in [-0.39, 0.29) is 6.42 Å². The van der Waals surface area contributed by atoms with Gasteiger partial charge >= 0.3 is 18.1 Å². The highest BCUT2D eigenvalue weighted by Crippen LogP contribution is 2.28. The maximum Gasteiger partial charge on any atom is 0.471 e. The number of halogens is 4. The van der Waals surface area contributed by atoms with Gasteiger partial charge in [-0.1, -0.05) is 18.2 Å². The molecule has 2 aromatic rings. The van der Waals surface area contributed by atoms with Crippen molar-refractivity contribution >= 4 is 38.7 Å². The third-order valence-corrected chi connectivity index (χ3v) is 3.90. The molecule has 0 aliphatic heterocycles. The van der Waals surface area contributed by atoms with Crippen molar-refractivity contribution < 1.29 is 27.5 Å². The van der Waals surface area contributed by atoms with Crippen molar-refractivity contribution in [3.8, 4) is 0 Å². The van der Waals surface area contributed by atoms with E-state index in [0.717, 1.165) is 18.0 Å². The van der Waals surface area contributed by atoms with Gasteiger partial charge in [0.15, 0.2) is 0 Å². The Hall–Kier alpha value is -2.03. The normalized spacial score (nSPS) is 12.9. The number of carbonyl (C=O) groups excluding carboxylic acids is 2. The number of hydrogen-bond acceptors (Lipinski definition) is 3. The van der Waals surface area contributed by atoms with Gasteiger partial charge in [0.05, 0.1) is 11.7 Å². The van der Waals surface area contributed by atoms with Gasteiger partial charge in [-0.05, 0) is 27.6 Å². The van der Waals surface area contributed by atoms with Gasteiger partial charge in [0.2, 0.25) is 0 Å². The zero-order valence-corrected chi connectivity index (χ0v) is 13.4. The number of rotatable bonds is 4. The molecule has 9 heteroatoms. The number of esters is 1. The molecule has 0 fully saturated rings. The summed E-state index contributed by atoms with van der Waals surface area (Å²) in [5, 5.41) is 2.40. The summed E-state index contributed by atoms with van der Waals surface area (Å²) in [7, 11) is 1.04. The summed E-state index contributed by atoms with van der Waals surface area (Å²) in [6, 6.07) is 5.63. The molecule has 0 bridgehead atoms. The number of benzene rings is 1. The first-order valence-electron chi connectivity index (χ1n) is 6.44. The molecule has 2 rings (SSSR count).